The Kier molecular flexibility index (Phi) is 39.6. The van der Waals surface area contributed by atoms with Crippen LogP contribution in [0.4, 0.5) is 4.79 Å². The molecule has 1 saturated heterocycles. The minimum Gasteiger partial charge on any atom is -0.465 e. The van der Waals surface area contributed by atoms with Gasteiger partial charge in [-0.05, 0) is 52.1 Å². The van der Waals surface area contributed by atoms with E-state index in [1.54, 1.807) is 0 Å². The molecule has 0 spiro atoms. The van der Waals surface area contributed by atoms with Crippen LogP contribution in [-0.4, -0.2) is 88.6 Å². The molecule has 0 bridgehead atoms. The quantitative estimate of drug-likeness (QED) is 0.0254. The van der Waals surface area contributed by atoms with E-state index >= 15 is 0 Å². The van der Waals surface area contributed by atoms with Crippen LogP contribution in [0, 0.1) is 5.92 Å². The summed E-state index contributed by atoms with van der Waals surface area (Å²) in [5.41, 5.74) is 0. The zero-order chi connectivity index (χ0) is 43.6. The van der Waals surface area contributed by atoms with Gasteiger partial charge in [-0.1, -0.05) is 175 Å². The largest absolute Gasteiger partial charge is 0.508 e. The Hall–Kier alpha value is -1.91. The predicted molar refractivity (Wildman–Crippen MR) is 244 cm³/mol. The van der Waals surface area contributed by atoms with E-state index in [0.29, 0.717) is 32.1 Å². The average molecular weight is 854 g/mol. The number of hydrogen-bond donors (Lipinski definition) is 0. The maximum absolute atomic E-state index is 13.0. The van der Waals surface area contributed by atoms with Crippen molar-refractivity contribution in [3.05, 3.63) is 0 Å². The van der Waals surface area contributed by atoms with Crippen LogP contribution in [0.3, 0.4) is 0 Å². The molecule has 0 aromatic heterocycles. The van der Waals surface area contributed by atoms with Gasteiger partial charge >= 0.3 is 18.1 Å². The second-order valence-corrected chi connectivity index (χ2v) is 17.7. The summed E-state index contributed by atoms with van der Waals surface area (Å²) in [4.78, 5) is 40.4. The van der Waals surface area contributed by atoms with Crippen LogP contribution in [0.5, 0.6) is 0 Å². The highest BCUT2D eigenvalue weighted by Gasteiger charge is 2.22. The number of esters is 2. The molecule has 0 aliphatic carbocycles. The number of ether oxygens (including phenoxy) is 6. The molecule has 1 aliphatic heterocycles. The third-order valence-corrected chi connectivity index (χ3v) is 11.9. The first-order valence-electron chi connectivity index (χ1n) is 25.4. The van der Waals surface area contributed by atoms with Crippen LogP contribution in [0.25, 0.3) is 0 Å². The van der Waals surface area contributed by atoms with Crippen molar-refractivity contribution in [2.45, 2.75) is 245 Å². The van der Waals surface area contributed by atoms with Gasteiger partial charge < -0.3 is 33.3 Å². The molecular formula is C50H95NO9. The molecule has 0 saturated carbocycles. The van der Waals surface area contributed by atoms with Gasteiger partial charge in [0.1, 0.15) is 19.8 Å². The van der Waals surface area contributed by atoms with E-state index in [-0.39, 0.29) is 44.8 Å². The van der Waals surface area contributed by atoms with Crippen molar-refractivity contribution in [3.8, 4) is 0 Å². The summed E-state index contributed by atoms with van der Waals surface area (Å²) in [6.45, 7) is 9.16. The molecule has 1 heterocycles. The van der Waals surface area contributed by atoms with Crippen molar-refractivity contribution < 1.29 is 42.8 Å². The van der Waals surface area contributed by atoms with Gasteiger partial charge in [-0.25, -0.2) is 4.79 Å². The van der Waals surface area contributed by atoms with Crippen LogP contribution >= 0.6 is 0 Å². The Bertz CT molecular complexity index is 963. The molecule has 10 nitrogen and oxygen atoms in total. The smallest absolute Gasteiger partial charge is 0.465 e. The minimum atomic E-state index is -0.760. The Balaban J connectivity index is 2.48. The van der Waals surface area contributed by atoms with E-state index in [1.165, 1.54) is 128 Å². The highest BCUT2D eigenvalue weighted by atomic mass is 16.7. The summed E-state index contributed by atoms with van der Waals surface area (Å²) in [7, 11) is 2.09. The SMILES string of the molecule is CCCCCCCCCCCCCCCCCC(=O)OCC(COC(=O)CCC(OCCCCCCCC)OCCCCCCCC)COC(=O)OCCC1CCCN1C. The Morgan fingerprint density at radius 1 is 0.500 bits per heavy atom. The molecule has 0 N–H and O–H groups in total. The summed E-state index contributed by atoms with van der Waals surface area (Å²) in [6, 6.07) is 0.412. The summed E-state index contributed by atoms with van der Waals surface area (Å²) in [5, 5.41) is 0. The van der Waals surface area contributed by atoms with Crippen molar-refractivity contribution in [2.75, 3.05) is 53.2 Å². The Labute approximate surface area is 369 Å². The third kappa shape index (κ3) is 35.7. The van der Waals surface area contributed by atoms with Crippen LogP contribution in [0.1, 0.15) is 233 Å². The Morgan fingerprint density at radius 2 is 0.917 bits per heavy atom. The molecule has 354 valence electrons. The summed E-state index contributed by atoms with van der Waals surface area (Å²) in [5.74, 6) is -1.17. The van der Waals surface area contributed by atoms with Gasteiger partial charge in [0.2, 0.25) is 0 Å². The number of unbranched alkanes of at least 4 members (excludes halogenated alkanes) is 24. The molecular weight excluding hydrogens is 759 g/mol. The minimum absolute atomic E-state index is 0.00361. The molecule has 2 unspecified atom stereocenters. The second-order valence-electron chi connectivity index (χ2n) is 17.7. The fourth-order valence-corrected chi connectivity index (χ4v) is 7.85. The van der Waals surface area contributed by atoms with E-state index in [9.17, 15) is 14.4 Å². The summed E-state index contributed by atoms with van der Waals surface area (Å²) in [6.07, 6.45) is 35.8. The van der Waals surface area contributed by atoms with Crippen LogP contribution in [-0.2, 0) is 38.0 Å². The first kappa shape index (κ1) is 56.1. The van der Waals surface area contributed by atoms with E-state index in [4.69, 9.17) is 28.4 Å². The van der Waals surface area contributed by atoms with Gasteiger partial charge in [0.05, 0.1) is 18.9 Å². The van der Waals surface area contributed by atoms with Crippen molar-refractivity contribution in [1.29, 1.82) is 0 Å². The van der Waals surface area contributed by atoms with Crippen molar-refractivity contribution in [1.82, 2.24) is 4.90 Å². The van der Waals surface area contributed by atoms with Crippen molar-refractivity contribution >= 4 is 18.1 Å². The van der Waals surface area contributed by atoms with Gasteiger partial charge in [0.25, 0.3) is 0 Å². The van der Waals surface area contributed by atoms with Gasteiger partial charge in [-0.2, -0.15) is 0 Å². The highest BCUT2D eigenvalue weighted by Crippen LogP contribution is 2.19. The number of rotatable bonds is 44. The Morgan fingerprint density at radius 3 is 1.37 bits per heavy atom. The van der Waals surface area contributed by atoms with Crippen molar-refractivity contribution in [3.63, 3.8) is 0 Å². The number of hydrogen-bond acceptors (Lipinski definition) is 10. The number of nitrogens with zero attached hydrogens (tertiary/aromatic N) is 1. The lowest BCUT2D eigenvalue weighted by Gasteiger charge is -2.20. The van der Waals surface area contributed by atoms with E-state index in [0.717, 1.165) is 70.8 Å². The average Bonchev–Trinajstić information content (AvgIpc) is 3.66. The lowest BCUT2D eigenvalue weighted by Crippen LogP contribution is -2.28. The highest BCUT2D eigenvalue weighted by molar-refractivity contribution is 5.69. The van der Waals surface area contributed by atoms with Crippen LogP contribution in [0.2, 0.25) is 0 Å². The second kappa shape index (κ2) is 42.4. The molecule has 1 fully saturated rings. The van der Waals surface area contributed by atoms with Gasteiger partial charge in [-0.3, -0.25) is 9.59 Å². The van der Waals surface area contributed by atoms with E-state index in [2.05, 4.69) is 32.7 Å². The first-order chi connectivity index (χ1) is 29.4. The number of carbonyl (C=O) groups is 3. The molecule has 1 rings (SSSR count). The fourth-order valence-electron chi connectivity index (χ4n) is 7.85. The fraction of sp³-hybridized carbons (Fsp3) is 0.940. The molecule has 10 heteroatoms. The molecule has 60 heavy (non-hydrogen) atoms. The lowest BCUT2D eigenvalue weighted by atomic mass is 10.0. The van der Waals surface area contributed by atoms with Gasteiger partial charge in [-0.15, -0.1) is 0 Å². The lowest BCUT2D eigenvalue weighted by molar-refractivity contribution is -0.161. The van der Waals surface area contributed by atoms with E-state index in [1.807, 2.05) is 0 Å². The number of likely N-dealkylation sites (tertiary alicyclic amines) is 1. The molecule has 0 aromatic rings. The molecule has 0 aromatic carbocycles. The van der Waals surface area contributed by atoms with Gasteiger partial charge in [0, 0.05) is 32.1 Å². The maximum Gasteiger partial charge on any atom is 0.508 e. The van der Waals surface area contributed by atoms with E-state index < -0.39 is 18.4 Å². The monoisotopic (exact) mass is 854 g/mol. The van der Waals surface area contributed by atoms with Crippen LogP contribution in [0.15, 0.2) is 0 Å². The number of carbonyl (C=O) groups excluding carboxylic acids is 3. The predicted octanol–water partition coefficient (Wildman–Crippen LogP) is 13.4. The molecule has 2 atom stereocenters. The summed E-state index contributed by atoms with van der Waals surface area (Å²) < 4.78 is 34.2. The maximum atomic E-state index is 13.0. The summed E-state index contributed by atoms with van der Waals surface area (Å²) >= 11 is 0. The standard InChI is InChI=1S/C50H95NO9/c1-5-8-11-14-17-18-19-20-21-22-23-24-25-26-29-34-47(52)58-42-45(44-60-50(54)57-41-37-46-33-32-38-51(46)4)43-59-48(53)35-36-49(55-39-30-27-15-12-9-6-2)56-40-31-28-16-13-10-7-3/h45-46,49H,5-44H2,1-4H3. The molecule has 0 amide bonds. The first-order valence-corrected chi connectivity index (χ1v) is 25.4. The normalized spacial score (nSPS) is 14.8. The van der Waals surface area contributed by atoms with Crippen molar-refractivity contribution in [2.24, 2.45) is 5.92 Å². The van der Waals surface area contributed by atoms with Gasteiger partial charge in [0.15, 0.2) is 6.29 Å². The zero-order valence-corrected chi connectivity index (χ0v) is 39.6. The molecule has 0 radical (unpaired) electrons. The zero-order valence-electron chi connectivity index (χ0n) is 39.6. The van der Waals surface area contributed by atoms with Crippen LogP contribution < -0.4 is 0 Å². The molecule has 1 aliphatic rings. The third-order valence-electron chi connectivity index (χ3n) is 11.9. The topological polar surface area (TPSA) is 110 Å².